The Morgan fingerprint density at radius 3 is 1.53 bits per heavy atom. The molecule has 64 heavy (non-hydrogen) atoms. The van der Waals surface area contributed by atoms with E-state index in [9.17, 15) is 9.59 Å². The van der Waals surface area contributed by atoms with Crippen LogP contribution in [0.1, 0.15) is 38.8 Å². The fourth-order valence-electron chi connectivity index (χ4n) is 7.05. The molecule has 4 aromatic heterocycles. The van der Waals surface area contributed by atoms with E-state index in [0.29, 0.717) is 13.1 Å². The van der Waals surface area contributed by atoms with Gasteiger partial charge < -0.3 is 18.8 Å². The van der Waals surface area contributed by atoms with Crippen molar-refractivity contribution >= 4 is 28.5 Å². The maximum Gasteiger partial charge on any atom is 0.498 e. The number of hydrogen-bond donors (Lipinski definition) is 2. The van der Waals surface area contributed by atoms with Crippen LogP contribution < -0.4 is 26.3 Å². The fourth-order valence-corrected chi connectivity index (χ4v) is 7.32. The van der Waals surface area contributed by atoms with E-state index in [1.807, 2.05) is 143 Å². The topological polar surface area (TPSA) is 148 Å². The second-order valence-electron chi connectivity index (χ2n) is 16.0. The number of nitrogens with zero attached hydrogens (tertiary/aromatic N) is 6. The maximum absolute atomic E-state index is 12.7. The number of aromatic nitrogens is 8. The molecular formula is C48H52BBrN8O6. The highest BCUT2D eigenvalue weighted by molar-refractivity contribution is 9.10. The first-order chi connectivity index (χ1) is 30.9. The van der Waals surface area contributed by atoms with Crippen LogP contribution in [0.25, 0.3) is 22.5 Å². The number of ether oxygens (including phenoxy) is 2. The van der Waals surface area contributed by atoms with Gasteiger partial charge in [0.15, 0.2) is 0 Å². The van der Waals surface area contributed by atoms with Crippen molar-refractivity contribution < 1.29 is 18.8 Å². The van der Waals surface area contributed by atoms with E-state index in [0.717, 1.165) is 67.9 Å². The van der Waals surface area contributed by atoms with Crippen molar-refractivity contribution in [2.75, 3.05) is 14.2 Å². The third-order valence-electron chi connectivity index (χ3n) is 11.5. The maximum atomic E-state index is 12.7. The van der Waals surface area contributed by atoms with Crippen LogP contribution in [0.15, 0.2) is 161 Å². The number of benzene rings is 4. The molecule has 0 atom stereocenters. The molecule has 0 saturated carbocycles. The average molecular weight is 928 g/mol. The first-order valence-electron chi connectivity index (χ1n) is 20.9. The minimum absolute atomic E-state index is 0.0396. The van der Waals surface area contributed by atoms with Gasteiger partial charge in [-0.05, 0) is 106 Å². The smallest absolute Gasteiger partial charge is 0.496 e. The Hall–Kier alpha value is -6.62. The number of aryl methyl sites for hydroxylation is 4. The Balaban J connectivity index is 0.000000151. The summed E-state index contributed by atoms with van der Waals surface area (Å²) in [5, 5.41) is 13.4. The molecule has 330 valence electrons. The van der Waals surface area contributed by atoms with Crippen LogP contribution in [0, 0.1) is 0 Å². The molecule has 0 bridgehead atoms. The van der Waals surface area contributed by atoms with E-state index in [1.54, 1.807) is 63.5 Å². The molecule has 4 aromatic carbocycles. The number of aromatic amines is 2. The largest absolute Gasteiger partial charge is 0.498 e. The van der Waals surface area contributed by atoms with Crippen molar-refractivity contribution in [1.29, 1.82) is 0 Å². The first kappa shape index (κ1) is 45.4. The molecule has 1 saturated heterocycles. The summed E-state index contributed by atoms with van der Waals surface area (Å²) in [5.74, 6) is 1.70. The molecule has 5 heterocycles. The first-order valence-corrected chi connectivity index (χ1v) is 21.7. The lowest BCUT2D eigenvalue weighted by Crippen LogP contribution is -2.41. The third-order valence-corrected chi connectivity index (χ3v) is 12.0. The molecule has 1 fully saturated rings. The number of halogens is 1. The van der Waals surface area contributed by atoms with Gasteiger partial charge in [0.1, 0.15) is 11.5 Å². The Morgan fingerprint density at radius 1 is 0.609 bits per heavy atom. The van der Waals surface area contributed by atoms with Gasteiger partial charge in [0.05, 0.1) is 43.0 Å². The summed E-state index contributed by atoms with van der Waals surface area (Å²) in [6, 6.07) is 31.3. The molecule has 14 nitrogen and oxygen atoms in total. The van der Waals surface area contributed by atoms with Gasteiger partial charge in [-0.25, -0.2) is 9.59 Å². The predicted molar refractivity (Wildman–Crippen MR) is 253 cm³/mol. The molecule has 0 unspecified atom stereocenters. The molecule has 2 N–H and O–H groups in total. The molecular weight excluding hydrogens is 875 g/mol. The number of H-pyrrole nitrogens is 2. The highest BCUT2D eigenvalue weighted by Gasteiger charge is 2.52. The van der Waals surface area contributed by atoms with Crippen LogP contribution in [-0.4, -0.2) is 71.2 Å². The van der Waals surface area contributed by atoms with Crippen LogP contribution in [0.3, 0.4) is 0 Å². The van der Waals surface area contributed by atoms with Crippen LogP contribution in [-0.2, 0) is 35.2 Å². The molecule has 0 spiro atoms. The van der Waals surface area contributed by atoms with Gasteiger partial charge in [0, 0.05) is 72.0 Å². The summed E-state index contributed by atoms with van der Waals surface area (Å²) in [6.45, 7) is 9.35. The molecule has 1 aliphatic heterocycles. The predicted octanol–water partition coefficient (Wildman–Crippen LogP) is 7.64. The van der Waals surface area contributed by atoms with Crippen molar-refractivity contribution in [1.82, 2.24) is 38.7 Å². The standard InChI is InChI=1S/C21H20N4O2.C18H17BrN2O2.C9H15BN2O2/c1-27-20-5-3-2-4-17(20)10-11-24-12-13-25(21(24)26)19-8-6-16(7-9-19)18-14-22-23-15-18;1-23-17-5-3-2-4-14(17)10-11-20-12-13-21(18(20)22)16-8-6-15(19)7-9-16;1-8(2)9(3,4)14-10(13-8)7-5-11-12-6-7/h2-9,12-15H,10-11H2,1H3,(H,22,23);2-9,12-13H,10-11H2,1H3;5-6H,1-4H3,(H,11,12). The Labute approximate surface area is 380 Å². The summed E-state index contributed by atoms with van der Waals surface area (Å²) in [7, 11) is 3.02. The Morgan fingerprint density at radius 2 is 1.08 bits per heavy atom. The van der Waals surface area contributed by atoms with Gasteiger partial charge >= 0.3 is 18.5 Å². The average Bonchev–Trinajstić information content (AvgIpc) is 4.17. The second-order valence-corrected chi connectivity index (χ2v) is 17.0. The van der Waals surface area contributed by atoms with E-state index < -0.39 is 0 Å². The van der Waals surface area contributed by atoms with Crippen LogP contribution >= 0.6 is 15.9 Å². The minimum atomic E-state index is -0.307. The number of nitrogens with one attached hydrogen (secondary N) is 2. The van der Waals surface area contributed by atoms with Gasteiger partial charge in [-0.2, -0.15) is 10.2 Å². The summed E-state index contributed by atoms with van der Waals surface area (Å²) in [6.07, 6.45) is 15.9. The summed E-state index contributed by atoms with van der Waals surface area (Å²) in [5.41, 5.74) is 6.22. The van der Waals surface area contributed by atoms with Gasteiger partial charge in [-0.3, -0.25) is 28.5 Å². The Kier molecular flexibility index (Phi) is 14.4. The van der Waals surface area contributed by atoms with Crippen molar-refractivity contribution in [3.63, 3.8) is 0 Å². The second kappa shape index (κ2) is 20.3. The summed E-state index contributed by atoms with van der Waals surface area (Å²) in [4.78, 5) is 25.3. The molecule has 8 aromatic rings. The van der Waals surface area contributed by atoms with Gasteiger partial charge in [-0.1, -0.05) is 64.5 Å². The molecule has 1 aliphatic rings. The van der Waals surface area contributed by atoms with E-state index >= 15 is 0 Å². The monoisotopic (exact) mass is 926 g/mol. The molecule has 9 rings (SSSR count). The van der Waals surface area contributed by atoms with Crippen LogP contribution in [0.2, 0.25) is 0 Å². The lowest BCUT2D eigenvalue weighted by molar-refractivity contribution is 0.00578. The summed E-state index contributed by atoms with van der Waals surface area (Å²) >= 11 is 3.40. The molecule has 0 aliphatic carbocycles. The van der Waals surface area contributed by atoms with Crippen LogP contribution in [0.5, 0.6) is 11.5 Å². The highest BCUT2D eigenvalue weighted by Crippen LogP contribution is 2.36. The van der Waals surface area contributed by atoms with E-state index in [-0.39, 0.29) is 29.7 Å². The number of rotatable bonds is 12. The van der Waals surface area contributed by atoms with Crippen molar-refractivity contribution in [2.24, 2.45) is 0 Å². The SMILES string of the molecule is CC1(C)OB(c2cn[nH]c2)OC1(C)C.COc1ccccc1CCn1ccn(-c2ccc(-c3cn[nH]c3)cc2)c1=O.COc1ccccc1CCn1ccn(-c2ccc(Br)cc2)c1=O. The van der Waals surface area contributed by atoms with Crippen molar-refractivity contribution in [2.45, 2.75) is 64.8 Å². The zero-order valence-electron chi connectivity index (χ0n) is 36.8. The van der Waals surface area contributed by atoms with E-state index in [4.69, 9.17) is 18.8 Å². The normalized spacial score (nSPS) is 13.7. The quantitative estimate of drug-likeness (QED) is 0.119. The highest BCUT2D eigenvalue weighted by atomic mass is 79.9. The molecule has 16 heteroatoms. The number of imidazole rings is 2. The van der Waals surface area contributed by atoms with Crippen molar-refractivity contribution in [3.8, 4) is 34.0 Å². The Bertz CT molecular complexity index is 2810. The van der Waals surface area contributed by atoms with E-state index in [2.05, 4.69) is 36.3 Å². The zero-order chi connectivity index (χ0) is 45.3. The number of para-hydroxylation sites is 2. The lowest BCUT2D eigenvalue weighted by atomic mass is 9.82. The van der Waals surface area contributed by atoms with E-state index in [1.165, 1.54) is 0 Å². The fraction of sp³-hybridized carbons (Fsp3) is 0.250. The van der Waals surface area contributed by atoms with Gasteiger partial charge in [-0.15, -0.1) is 0 Å². The third kappa shape index (κ3) is 10.6. The van der Waals surface area contributed by atoms with Crippen molar-refractivity contribution in [3.05, 3.63) is 183 Å². The number of methoxy groups -OCH3 is 2. The minimum Gasteiger partial charge on any atom is -0.496 e. The lowest BCUT2D eigenvalue weighted by Gasteiger charge is -2.32. The van der Waals surface area contributed by atoms with Crippen LogP contribution in [0.4, 0.5) is 0 Å². The molecule has 0 radical (unpaired) electrons. The number of hydrogen-bond acceptors (Lipinski definition) is 8. The van der Waals surface area contributed by atoms with Gasteiger partial charge in [0.25, 0.3) is 0 Å². The van der Waals surface area contributed by atoms with Gasteiger partial charge in [0.2, 0.25) is 0 Å². The zero-order valence-corrected chi connectivity index (χ0v) is 38.4. The summed E-state index contributed by atoms with van der Waals surface area (Å²) < 4.78 is 30.1. The molecule has 0 amide bonds.